The Kier molecular flexibility index (Phi) is 4.11. The third kappa shape index (κ3) is 3.59. The molecule has 0 spiro atoms. The SMILES string of the molecule is CC(C)(O)COc1[c]cnn(-c2cccc(Cl)c2)c1=O. The quantitative estimate of drug-likeness (QED) is 0.934. The smallest absolute Gasteiger partial charge is 0.314 e. The Morgan fingerprint density at radius 3 is 2.90 bits per heavy atom. The van der Waals surface area contributed by atoms with Gasteiger partial charge in [0, 0.05) is 5.02 Å². The van der Waals surface area contributed by atoms with Crippen LogP contribution in [0.25, 0.3) is 5.69 Å². The Labute approximate surface area is 121 Å². The number of nitrogens with zero attached hydrogens (tertiary/aromatic N) is 2. The molecule has 5 nitrogen and oxygen atoms in total. The van der Waals surface area contributed by atoms with E-state index in [-0.39, 0.29) is 12.4 Å². The third-order valence-electron chi connectivity index (χ3n) is 2.38. The molecular weight excluding hydrogens is 280 g/mol. The van der Waals surface area contributed by atoms with Gasteiger partial charge in [-0.25, -0.2) is 0 Å². The largest absolute Gasteiger partial charge is 0.484 e. The van der Waals surface area contributed by atoms with Gasteiger partial charge in [0.05, 0.1) is 23.6 Å². The third-order valence-corrected chi connectivity index (χ3v) is 2.61. The second kappa shape index (κ2) is 5.64. The van der Waals surface area contributed by atoms with Gasteiger partial charge in [0.1, 0.15) is 6.61 Å². The lowest BCUT2D eigenvalue weighted by atomic mass is 10.2. The summed E-state index contributed by atoms with van der Waals surface area (Å²) < 4.78 is 6.45. The summed E-state index contributed by atoms with van der Waals surface area (Å²) in [5.41, 5.74) is -0.964. The van der Waals surface area contributed by atoms with Crippen molar-refractivity contribution in [3.8, 4) is 11.4 Å². The molecule has 0 unspecified atom stereocenters. The molecule has 1 radical (unpaired) electrons. The first-order valence-electron chi connectivity index (χ1n) is 5.98. The number of aliphatic hydroxyl groups is 1. The normalized spacial score (nSPS) is 11.4. The fourth-order valence-corrected chi connectivity index (χ4v) is 1.68. The van der Waals surface area contributed by atoms with E-state index in [9.17, 15) is 9.90 Å². The average molecular weight is 294 g/mol. The van der Waals surface area contributed by atoms with Crippen LogP contribution in [0.2, 0.25) is 5.02 Å². The number of aromatic nitrogens is 2. The first-order chi connectivity index (χ1) is 9.37. The second-order valence-electron chi connectivity index (χ2n) is 4.92. The predicted molar refractivity (Wildman–Crippen MR) is 75.5 cm³/mol. The Balaban J connectivity index is 2.35. The second-order valence-corrected chi connectivity index (χ2v) is 5.35. The van der Waals surface area contributed by atoms with Crippen molar-refractivity contribution in [3.63, 3.8) is 0 Å². The average Bonchev–Trinajstić information content (AvgIpc) is 2.36. The van der Waals surface area contributed by atoms with E-state index >= 15 is 0 Å². The van der Waals surface area contributed by atoms with E-state index < -0.39 is 11.2 Å². The van der Waals surface area contributed by atoms with Gasteiger partial charge < -0.3 is 9.84 Å². The molecule has 2 aromatic rings. The number of hydrogen-bond donors (Lipinski definition) is 1. The van der Waals surface area contributed by atoms with Crippen molar-refractivity contribution in [3.05, 3.63) is 51.9 Å². The summed E-state index contributed by atoms with van der Waals surface area (Å²) in [6.45, 7) is 3.16. The van der Waals surface area contributed by atoms with Crippen LogP contribution in [-0.4, -0.2) is 27.1 Å². The molecule has 1 N–H and O–H groups in total. The molecule has 105 valence electrons. The molecule has 0 amide bonds. The van der Waals surface area contributed by atoms with E-state index in [1.807, 2.05) is 0 Å². The highest BCUT2D eigenvalue weighted by Crippen LogP contribution is 2.13. The summed E-state index contributed by atoms with van der Waals surface area (Å²) in [5, 5.41) is 14.1. The molecule has 0 saturated carbocycles. The van der Waals surface area contributed by atoms with Crippen LogP contribution in [0.4, 0.5) is 0 Å². The van der Waals surface area contributed by atoms with Gasteiger partial charge in [-0.3, -0.25) is 4.79 Å². The molecule has 6 heteroatoms. The van der Waals surface area contributed by atoms with Crippen LogP contribution in [0.5, 0.6) is 5.75 Å². The fraction of sp³-hybridized carbons (Fsp3) is 0.286. The van der Waals surface area contributed by atoms with Gasteiger partial charge in [-0.1, -0.05) is 17.7 Å². The topological polar surface area (TPSA) is 64.3 Å². The maximum absolute atomic E-state index is 12.2. The Morgan fingerprint density at radius 1 is 1.50 bits per heavy atom. The molecule has 1 aromatic heterocycles. The molecule has 1 aromatic carbocycles. The minimum atomic E-state index is -1.04. The molecule has 0 fully saturated rings. The van der Waals surface area contributed by atoms with E-state index in [2.05, 4.69) is 11.2 Å². The molecule has 0 atom stereocenters. The number of hydrogen-bond acceptors (Lipinski definition) is 4. The summed E-state index contributed by atoms with van der Waals surface area (Å²) in [4.78, 5) is 12.2. The van der Waals surface area contributed by atoms with Gasteiger partial charge in [0.2, 0.25) is 0 Å². The van der Waals surface area contributed by atoms with E-state index in [1.54, 1.807) is 38.1 Å². The van der Waals surface area contributed by atoms with Crippen LogP contribution in [0.1, 0.15) is 13.8 Å². The predicted octanol–water partition coefficient (Wildman–Crippen LogP) is 1.84. The number of rotatable bonds is 4. The monoisotopic (exact) mass is 293 g/mol. The zero-order chi connectivity index (χ0) is 14.8. The minimum Gasteiger partial charge on any atom is -0.484 e. The van der Waals surface area contributed by atoms with Crippen molar-refractivity contribution in [1.29, 1.82) is 0 Å². The van der Waals surface area contributed by atoms with Gasteiger partial charge in [0.15, 0.2) is 5.75 Å². The van der Waals surface area contributed by atoms with Crippen LogP contribution in [0.3, 0.4) is 0 Å². The van der Waals surface area contributed by atoms with Crippen molar-refractivity contribution in [2.45, 2.75) is 19.4 Å². The number of benzene rings is 1. The zero-order valence-corrected chi connectivity index (χ0v) is 11.9. The van der Waals surface area contributed by atoms with Gasteiger partial charge in [-0.15, -0.1) is 0 Å². The highest BCUT2D eigenvalue weighted by molar-refractivity contribution is 6.30. The van der Waals surface area contributed by atoms with Crippen molar-refractivity contribution in [2.75, 3.05) is 6.61 Å². The van der Waals surface area contributed by atoms with Gasteiger partial charge >= 0.3 is 5.56 Å². The molecule has 0 aliphatic rings. The van der Waals surface area contributed by atoms with Gasteiger partial charge in [-0.05, 0) is 32.0 Å². The summed E-state index contributed by atoms with van der Waals surface area (Å²) in [7, 11) is 0. The maximum Gasteiger partial charge on any atom is 0.314 e. The fourth-order valence-electron chi connectivity index (χ4n) is 1.50. The Bertz CT molecular complexity index is 662. The van der Waals surface area contributed by atoms with Crippen molar-refractivity contribution in [2.24, 2.45) is 0 Å². The first-order valence-corrected chi connectivity index (χ1v) is 6.36. The number of halogens is 1. The zero-order valence-electron chi connectivity index (χ0n) is 11.1. The van der Waals surface area contributed by atoms with Crippen LogP contribution in [0.15, 0.2) is 35.3 Å². The molecule has 0 saturated heterocycles. The van der Waals surface area contributed by atoms with E-state index in [1.165, 1.54) is 10.9 Å². The number of ether oxygens (including phenoxy) is 1. The lowest BCUT2D eigenvalue weighted by molar-refractivity contribution is 0.0277. The standard InChI is InChI=1S/C14H14ClN2O3/c1-14(2,19)9-20-12-6-7-16-17(13(12)18)11-5-3-4-10(15)8-11/h3-5,7-8,19H,9H2,1-2H3. The van der Waals surface area contributed by atoms with Crippen LogP contribution < -0.4 is 10.3 Å². The van der Waals surface area contributed by atoms with Gasteiger partial charge in [0.25, 0.3) is 0 Å². The van der Waals surface area contributed by atoms with Crippen molar-refractivity contribution >= 4 is 11.6 Å². The Morgan fingerprint density at radius 2 is 2.25 bits per heavy atom. The van der Waals surface area contributed by atoms with Crippen molar-refractivity contribution < 1.29 is 9.84 Å². The molecule has 0 aliphatic carbocycles. The summed E-state index contributed by atoms with van der Waals surface area (Å²) in [6, 6.07) is 9.38. The Hall–Kier alpha value is -1.85. The highest BCUT2D eigenvalue weighted by Gasteiger charge is 2.16. The van der Waals surface area contributed by atoms with Crippen LogP contribution in [0, 0.1) is 6.07 Å². The molecule has 2 rings (SSSR count). The molecular formula is C14H14ClN2O3. The summed E-state index contributed by atoms with van der Waals surface area (Å²) >= 11 is 5.89. The van der Waals surface area contributed by atoms with Crippen LogP contribution >= 0.6 is 11.6 Å². The summed E-state index contributed by atoms with van der Waals surface area (Å²) in [6.07, 6.45) is 1.34. The molecule has 20 heavy (non-hydrogen) atoms. The lowest BCUT2D eigenvalue weighted by Crippen LogP contribution is -2.31. The molecule has 0 bridgehead atoms. The highest BCUT2D eigenvalue weighted by atomic mass is 35.5. The van der Waals surface area contributed by atoms with E-state index in [0.29, 0.717) is 10.7 Å². The summed E-state index contributed by atoms with van der Waals surface area (Å²) in [5.74, 6) is 0.00194. The lowest BCUT2D eigenvalue weighted by Gasteiger charge is -2.17. The first kappa shape index (κ1) is 14.6. The minimum absolute atomic E-state index is 0.00194. The molecule has 0 aliphatic heterocycles. The van der Waals surface area contributed by atoms with Crippen molar-refractivity contribution in [1.82, 2.24) is 9.78 Å². The van der Waals surface area contributed by atoms with E-state index in [0.717, 1.165) is 0 Å². The molecule has 1 heterocycles. The maximum atomic E-state index is 12.2. The van der Waals surface area contributed by atoms with E-state index in [4.69, 9.17) is 16.3 Å². The van der Waals surface area contributed by atoms with Gasteiger partial charge in [-0.2, -0.15) is 9.78 Å². The van der Waals surface area contributed by atoms with Crippen LogP contribution in [-0.2, 0) is 0 Å².